The second-order valence-electron chi connectivity index (χ2n) is 6.36. The van der Waals surface area contributed by atoms with Gasteiger partial charge in [-0.1, -0.05) is 12.1 Å². The van der Waals surface area contributed by atoms with Crippen LogP contribution in [0.15, 0.2) is 24.3 Å². The van der Waals surface area contributed by atoms with E-state index in [9.17, 15) is 9.18 Å². The Kier molecular flexibility index (Phi) is 3.63. The molecule has 6 nitrogen and oxygen atoms in total. The average Bonchev–Trinajstić information content (AvgIpc) is 3.14. The zero-order chi connectivity index (χ0) is 17.6. The molecule has 0 amide bonds. The van der Waals surface area contributed by atoms with Gasteiger partial charge in [0.05, 0.1) is 5.39 Å². The Labute approximate surface area is 143 Å². The summed E-state index contributed by atoms with van der Waals surface area (Å²) in [6, 6.07) is 7.30. The number of rotatable bonds is 4. The first kappa shape index (κ1) is 15.6. The number of nitrogens with two attached hydrogens (primary N) is 1. The zero-order valence-corrected chi connectivity index (χ0v) is 13.8. The highest BCUT2D eigenvalue weighted by Gasteiger charge is 2.18. The molecule has 0 spiro atoms. The number of fused-ring (bicyclic) bond motifs is 2. The van der Waals surface area contributed by atoms with Gasteiger partial charge in [0.15, 0.2) is 28.9 Å². The van der Waals surface area contributed by atoms with Gasteiger partial charge in [0.1, 0.15) is 6.54 Å². The molecule has 2 aromatic heterocycles. The molecule has 3 aromatic rings. The minimum Gasteiger partial charge on any atom is -0.382 e. The van der Waals surface area contributed by atoms with E-state index < -0.39 is 5.82 Å². The van der Waals surface area contributed by atoms with E-state index in [0.29, 0.717) is 11.0 Å². The van der Waals surface area contributed by atoms with Crippen LogP contribution in [0.5, 0.6) is 0 Å². The van der Waals surface area contributed by atoms with E-state index in [2.05, 4.69) is 21.5 Å². The van der Waals surface area contributed by atoms with E-state index in [1.54, 1.807) is 0 Å². The molecule has 0 saturated heterocycles. The largest absolute Gasteiger partial charge is 0.382 e. The van der Waals surface area contributed by atoms with Crippen LogP contribution >= 0.6 is 0 Å². The van der Waals surface area contributed by atoms with Gasteiger partial charge in [-0.25, -0.2) is 14.1 Å². The third-order valence-corrected chi connectivity index (χ3v) is 4.48. The van der Waals surface area contributed by atoms with Crippen molar-refractivity contribution in [2.45, 2.75) is 32.7 Å². The minimum atomic E-state index is -0.503. The quantitative estimate of drug-likeness (QED) is 0.763. The van der Waals surface area contributed by atoms with Crippen molar-refractivity contribution in [2.24, 2.45) is 0 Å². The highest BCUT2D eigenvalue weighted by molar-refractivity contribution is 5.89. The van der Waals surface area contributed by atoms with Crippen LogP contribution in [0.2, 0.25) is 0 Å². The number of carbonyl (C=O) groups is 1. The number of halogens is 1. The van der Waals surface area contributed by atoms with E-state index in [1.807, 2.05) is 12.1 Å². The van der Waals surface area contributed by atoms with Gasteiger partial charge in [-0.3, -0.25) is 4.79 Å². The number of aryl methyl sites for hydroxylation is 1. The summed E-state index contributed by atoms with van der Waals surface area (Å²) in [5, 5.41) is 7.60. The number of nitrogens with one attached hydrogen (secondary N) is 1. The summed E-state index contributed by atoms with van der Waals surface area (Å²) in [6.07, 6.45) is 3.12. The van der Waals surface area contributed by atoms with Crippen LogP contribution in [0.4, 0.5) is 21.7 Å². The molecule has 1 aliphatic rings. The molecular formula is C18H18FN5O. The molecule has 0 unspecified atom stereocenters. The first-order chi connectivity index (χ1) is 12.0. The standard InChI is InChI=1S/C18H18FN5O/c1-10(25)9-24-18-13(16(20)23-24)8-14(19)17(22-18)21-15-7-3-5-11-4-2-6-12(11)15/h3,5,7-8H,2,4,6,9H2,1H3,(H2,20,23)(H,21,22). The van der Waals surface area contributed by atoms with E-state index in [0.717, 1.165) is 24.9 Å². The van der Waals surface area contributed by atoms with Crippen LogP contribution in [0.25, 0.3) is 11.0 Å². The molecule has 0 saturated carbocycles. The number of hydrogen-bond acceptors (Lipinski definition) is 5. The number of Topliss-reactive ketones (excluding diaryl/α,β-unsaturated/α-hetero) is 1. The van der Waals surface area contributed by atoms with Crippen molar-refractivity contribution in [3.63, 3.8) is 0 Å². The maximum atomic E-state index is 14.5. The third kappa shape index (κ3) is 2.71. The summed E-state index contributed by atoms with van der Waals surface area (Å²) in [7, 11) is 0. The number of hydrogen-bond donors (Lipinski definition) is 2. The number of nitrogens with zero attached hydrogens (tertiary/aromatic N) is 3. The molecule has 25 heavy (non-hydrogen) atoms. The second kappa shape index (κ2) is 5.84. The number of ketones is 1. The number of carbonyl (C=O) groups excluding carboxylic acids is 1. The fourth-order valence-electron chi connectivity index (χ4n) is 3.37. The normalized spacial score (nSPS) is 13.2. The molecule has 0 radical (unpaired) electrons. The maximum absolute atomic E-state index is 14.5. The van der Waals surface area contributed by atoms with Crippen LogP contribution < -0.4 is 11.1 Å². The Morgan fingerprint density at radius 1 is 1.40 bits per heavy atom. The second-order valence-corrected chi connectivity index (χ2v) is 6.36. The monoisotopic (exact) mass is 339 g/mol. The van der Waals surface area contributed by atoms with E-state index in [1.165, 1.54) is 28.8 Å². The SMILES string of the molecule is CC(=O)Cn1nc(N)c2cc(F)c(Nc3cccc4c3CCC4)nc21. The number of aromatic nitrogens is 3. The lowest BCUT2D eigenvalue weighted by Gasteiger charge is -2.12. The average molecular weight is 339 g/mol. The Hall–Kier alpha value is -2.96. The van der Waals surface area contributed by atoms with Gasteiger partial charge in [-0.15, -0.1) is 0 Å². The third-order valence-electron chi connectivity index (χ3n) is 4.48. The Balaban J connectivity index is 1.78. The van der Waals surface area contributed by atoms with E-state index in [4.69, 9.17) is 5.73 Å². The van der Waals surface area contributed by atoms with Gasteiger partial charge >= 0.3 is 0 Å². The van der Waals surface area contributed by atoms with Crippen LogP contribution in [0, 0.1) is 5.82 Å². The minimum absolute atomic E-state index is 0.0481. The van der Waals surface area contributed by atoms with Crippen molar-refractivity contribution < 1.29 is 9.18 Å². The van der Waals surface area contributed by atoms with Crippen LogP contribution in [0.1, 0.15) is 24.5 Å². The molecule has 7 heteroatoms. The molecular weight excluding hydrogens is 321 g/mol. The summed E-state index contributed by atoms with van der Waals surface area (Å²) < 4.78 is 15.9. The zero-order valence-electron chi connectivity index (χ0n) is 13.8. The topological polar surface area (TPSA) is 85.8 Å². The van der Waals surface area contributed by atoms with Gasteiger partial charge < -0.3 is 11.1 Å². The van der Waals surface area contributed by atoms with Crippen molar-refractivity contribution in [1.82, 2.24) is 14.8 Å². The van der Waals surface area contributed by atoms with Gasteiger partial charge in [0, 0.05) is 5.69 Å². The molecule has 0 fully saturated rings. The summed E-state index contributed by atoms with van der Waals surface area (Å²) in [5.41, 5.74) is 9.59. The van der Waals surface area contributed by atoms with Crippen LogP contribution in [-0.2, 0) is 24.2 Å². The lowest BCUT2D eigenvalue weighted by atomic mass is 10.1. The van der Waals surface area contributed by atoms with Crippen molar-refractivity contribution in [1.29, 1.82) is 0 Å². The van der Waals surface area contributed by atoms with Gasteiger partial charge in [0.2, 0.25) is 0 Å². The lowest BCUT2D eigenvalue weighted by Crippen LogP contribution is -2.09. The molecule has 1 aromatic carbocycles. The van der Waals surface area contributed by atoms with Crippen molar-refractivity contribution >= 4 is 34.1 Å². The Bertz CT molecular complexity index is 995. The number of anilines is 3. The molecule has 0 atom stereocenters. The molecule has 128 valence electrons. The van der Waals surface area contributed by atoms with Crippen molar-refractivity contribution in [3.8, 4) is 0 Å². The summed E-state index contributed by atoms with van der Waals surface area (Å²) >= 11 is 0. The summed E-state index contributed by atoms with van der Waals surface area (Å²) in [5.74, 6) is -0.310. The molecule has 0 aliphatic heterocycles. The number of benzene rings is 1. The highest BCUT2D eigenvalue weighted by Crippen LogP contribution is 2.32. The van der Waals surface area contributed by atoms with E-state index in [-0.39, 0.29) is 24.0 Å². The molecule has 2 heterocycles. The first-order valence-electron chi connectivity index (χ1n) is 8.22. The van der Waals surface area contributed by atoms with Crippen LogP contribution in [0.3, 0.4) is 0 Å². The summed E-state index contributed by atoms with van der Waals surface area (Å²) in [6.45, 7) is 1.51. The van der Waals surface area contributed by atoms with Gasteiger partial charge in [0.25, 0.3) is 0 Å². The highest BCUT2D eigenvalue weighted by atomic mass is 19.1. The number of nitrogen functional groups attached to an aromatic ring is 1. The molecule has 3 N–H and O–H groups in total. The first-order valence-corrected chi connectivity index (χ1v) is 8.22. The maximum Gasteiger partial charge on any atom is 0.169 e. The van der Waals surface area contributed by atoms with Gasteiger partial charge in [-0.05, 0) is 49.4 Å². The van der Waals surface area contributed by atoms with Gasteiger partial charge in [-0.2, -0.15) is 5.10 Å². The van der Waals surface area contributed by atoms with Crippen molar-refractivity contribution in [2.75, 3.05) is 11.1 Å². The van der Waals surface area contributed by atoms with Crippen LogP contribution in [-0.4, -0.2) is 20.5 Å². The number of pyridine rings is 1. The Morgan fingerprint density at radius 3 is 3.04 bits per heavy atom. The summed E-state index contributed by atoms with van der Waals surface area (Å²) in [4.78, 5) is 15.8. The van der Waals surface area contributed by atoms with Crippen molar-refractivity contribution in [3.05, 3.63) is 41.2 Å². The Morgan fingerprint density at radius 2 is 2.24 bits per heavy atom. The molecule has 1 aliphatic carbocycles. The fraction of sp³-hybridized carbons (Fsp3) is 0.278. The smallest absolute Gasteiger partial charge is 0.169 e. The predicted molar refractivity (Wildman–Crippen MR) is 94.3 cm³/mol. The fourth-order valence-corrected chi connectivity index (χ4v) is 3.37. The lowest BCUT2D eigenvalue weighted by molar-refractivity contribution is -0.117. The molecule has 4 rings (SSSR count). The molecule has 0 bridgehead atoms. The van der Waals surface area contributed by atoms with E-state index >= 15 is 0 Å². The predicted octanol–water partition coefficient (Wildman–Crippen LogP) is 2.97.